The molecule has 21 heavy (non-hydrogen) atoms. The van der Waals surface area contributed by atoms with Crippen molar-refractivity contribution in [2.45, 2.75) is 58.4 Å². The van der Waals surface area contributed by atoms with Crippen LogP contribution in [-0.4, -0.2) is 21.0 Å². The van der Waals surface area contributed by atoms with Gasteiger partial charge in [0.2, 0.25) is 10.0 Å². The minimum atomic E-state index is -3.49. The summed E-state index contributed by atoms with van der Waals surface area (Å²) in [4.78, 5) is 0.423. The van der Waals surface area contributed by atoms with E-state index < -0.39 is 10.0 Å². The van der Waals surface area contributed by atoms with Gasteiger partial charge in [-0.3, -0.25) is 0 Å². The maximum absolute atomic E-state index is 12.7. The van der Waals surface area contributed by atoms with Crippen molar-refractivity contribution in [1.82, 2.24) is 4.72 Å². The highest BCUT2D eigenvalue weighted by atomic mass is 32.2. The van der Waals surface area contributed by atoms with E-state index in [1.165, 1.54) is 0 Å². The van der Waals surface area contributed by atoms with Gasteiger partial charge < -0.3 is 5.32 Å². The Labute approximate surface area is 128 Å². The van der Waals surface area contributed by atoms with Crippen molar-refractivity contribution in [3.05, 3.63) is 23.3 Å². The first-order valence-electron chi connectivity index (χ1n) is 7.51. The average molecular weight is 310 g/mol. The van der Waals surface area contributed by atoms with Crippen molar-refractivity contribution in [2.75, 3.05) is 11.9 Å². The van der Waals surface area contributed by atoms with Crippen LogP contribution in [0.2, 0.25) is 0 Å². The molecule has 0 aromatic heterocycles. The molecule has 0 spiro atoms. The number of nitrogens with one attached hydrogen (secondary N) is 2. The molecule has 1 aliphatic heterocycles. The van der Waals surface area contributed by atoms with E-state index in [2.05, 4.69) is 10.0 Å². The van der Waals surface area contributed by atoms with Gasteiger partial charge in [0.1, 0.15) is 0 Å². The highest BCUT2D eigenvalue weighted by Crippen LogP contribution is 2.32. The van der Waals surface area contributed by atoms with Crippen LogP contribution in [0.15, 0.2) is 17.0 Å². The quantitative estimate of drug-likeness (QED) is 0.902. The van der Waals surface area contributed by atoms with Crippen LogP contribution in [0.4, 0.5) is 5.69 Å². The smallest absolute Gasteiger partial charge is 0.241 e. The Balaban J connectivity index is 2.42. The van der Waals surface area contributed by atoms with Gasteiger partial charge in [0, 0.05) is 18.3 Å². The van der Waals surface area contributed by atoms with Crippen molar-refractivity contribution < 1.29 is 8.42 Å². The number of rotatable bonds is 3. The largest absolute Gasteiger partial charge is 0.385 e. The van der Waals surface area contributed by atoms with Gasteiger partial charge in [-0.1, -0.05) is 26.8 Å². The van der Waals surface area contributed by atoms with Gasteiger partial charge in [0.15, 0.2) is 0 Å². The van der Waals surface area contributed by atoms with Gasteiger partial charge in [-0.2, -0.15) is 0 Å². The lowest BCUT2D eigenvalue weighted by molar-refractivity contribution is 0.317. The van der Waals surface area contributed by atoms with Gasteiger partial charge in [0.25, 0.3) is 0 Å². The lowest BCUT2D eigenvalue weighted by atomic mass is 9.89. The average Bonchev–Trinajstić information content (AvgIpc) is 2.37. The van der Waals surface area contributed by atoms with Gasteiger partial charge in [-0.25, -0.2) is 13.1 Å². The van der Waals surface area contributed by atoms with Crippen LogP contribution in [0.1, 0.15) is 45.2 Å². The van der Waals surface area contributed by atoms with Gasteiger partial charge in [0.05, 0.1) is 4.90 Å². The maximum atomic E-state index is 12.7. The number of hydrogen-bond donors (Lipinski definition) is 2. The molecule has 0 fully saturated rings. The predicted octanol–water partition coefficient (Wildman–Crippen LogP) is 3.07. The van der Waals surface area contributed by atoms with E-state index >= 15 is 0 Å². The molecule has 0 saturated heterocycles. The first-order valence-corrected chi connectivity index (χ1v) is 9.00. The van der Waals surface area contributed by atoms with E-state index in [-0.39, 0.29) is 11.5 Å². The molecule has 1 aromatic carbocycles. The number of fused-ring (bicyclic) bond motifs is 1. The summed E-state index contributed by atoms with van der Waals surface area (Å²) in [6, 6.07) is 3.49. The molecule has 0 saturated carbocycles. The van der Waals surface area contributed by atoms with Crippen LogP contribution < -0.4 is 10.0 Å². The van der Waals surface area contributed by atoms with Crippen LogP contribution in [0.25, 0.3) is 0 Å². The molecule has 0 radical (unpaired) electrons. The minimum Gasteiger partial charge on any atom is -0.385 e. The van der Waals surface area contributed by atoms with Gasteiger partial charge in [-0.05, 0) is 49.3 Å². The molecule has 1 atom stereocenters. The van der Waals surface area contributed by atoms with E-state index in [1.807, 2.05) is 40.7 Å². The third-order valence-corrected chi connectivity index (χ3v) is 5.93. The molecule has 5 heteroatoms. The lowest BCUT2D eigenvalue weighted by Crippen LogP contribution is -2.41. The second-order valence-corrected chi connectivity index (χ2v) is 8.66. The molecular weight excluding hydrogens is 284 g/mol. The molecule has 118 valence electrons. The summed E-state index contributed by atoms with van der Waals surface area (Å²) in [6.07, 6.45) is 1.78. The van der Waals surface area contributed by atoms with Crippen molar-refractivity contribution in [3.63, 3.8) is 0 Å². The highest BCUT2D eigenvalue weighted by molar-refractivity contribution is 7.89. The summed E-state index contributed by atoms with van der Waals surface area (Å²) < 4.78 is 28.3. The van der Waals surface area contributed by atoms with Crippen molar-refractivity contribution in [2.24, 2.45) is 5.41 Å². The Morgan fingerprint density at radius 3 is 2.57 bits per heavy atom. The van der Waals surface area contributed by atoms with Gasteiger partial charge >= 0.3 is 0 Å². The van der Waals surface area contributed by atoms with Gasteiger partial charge in [-0.15, -0.1) is 0 Å². The molecule has 0 aliphatic carbocycles. The summed E-state index contributed by atoms with van der Waals surface area (Å²) in [5, 5.41) is 3.33. The fourth-order valence-corrected chi connectivity index (χ4v) is 4.17. The summed E-state index contributed by atoms with van der Waals surface area (Å²) >= 11 is 0. The number of benzene rings is 1. The van der Waals surface area contributed by atoms with E-state index in [9.17, 15) is 8.42 Å². The maximum Gasteiger partial charge on any atom is 0.241 e. The number of aryl methyl sites for hydroxylation is 1. The first-order chi connectivity index (χ1) is 9.63. The van der Waals surface area contributed by atoms with E-state index in [0.717, 1.165) is 36.2 Å². The standard InChI is InChI=1S/C16H26N2O2S/c1-11-8-9-14(13-7-6-10-17-15(11)13)21(19,20)18-12(2)16(3,4)5/h8-9,12,17-18H,6-7,10H2,1-5H3. The molecule has 2 rings (SSSR count). The van der Waals surface area contributed by atoms with E-state index in [1.54, 1.807) is 6.07 Å². The lowest BCUT2D eigenvalue weighted by Gasteiger charge is -2.29. The predicted molar refractivity (Wildman–Crippen MR) is 87.2 cm³/mol. The van der Waals surface area contributed by atoms with E-state index in [0.29, 0.717) is 4.90 Å². The van der Waals surface area contributed by atoms with Crippen LogP contribution in [0.5, 0.6) is 0 Å². The molecule has 1 heterocycles. The third kappa shape index (κ3) is 3.40. The molecule has 2 N–H and O–H groups in total. The zero-order chi connectivity index (χ0) is 15.8. The molecule has 4 nitrogen and oxygen atoms in total. The molecular formula is C16H26N2O2S. The Kier molecular flexibility index (Phi) is 4.36. The van der Waals surface area contributed by atoms with Crippen LogP contribution in [0.3, 0.4) is 0 Å². The van der Waals surface area contributed by atoms with E-state index in [4.69, 9.17) is 0 Å². The van der Waals surface area contributed by atoms with Crippen LogP contribution in [0, 0.1) is 12.3 Å². The minimum absolute atomic E-state index is 0.115. The summed E-state index contributed by atoms with van der Waals surface area (Å²) in [7, 11) is -3.49. The Hall–Kier alpha value is -1.07. The van der Waals surface area contributed by atoms with Crippen LogP contribution in [-0.2, 0) is 16.4 Å². The molecule has 0 amide bonds. The Morgan fingerprint density at radius 1 is 1.29 bits per heavy atom. The molecule has 1 aliphatic rings. The summed E-state index contributed by atoms with van der Waals surface area (Å²) in [6.45, 7) is 10.9. The fraction of sp³-hybridized carbons (Fsp3) is 0.625. The third-order valence-electron chi connectivity index (χ3n) is 4.30. The highest BCUT2D eigenvalue weighted by Gasteiger charge is 2.29. The Bertz CT molecular complexity index is 630. The monoisotopic (exact) mass is 310 g/mol. The molecule has 1 unspecified atom stereocenters. The molecule has 0 bridgehead atoms. The second-order valence-electron chi connectivity index (χ2n) is 6.97. The number of anilines is 1. The SMILES string of the molecule is Cc1ccc(S(=O)(=O)NC(C)C(C)(C)C)c2c1NCCC2. The van der Waals surface area contributed by atoms with Crippen LogP contribution >= 0.6 is 0 Å². The fourth-order valence-electron chi connectivity index (χ4n) is 2.44. The topological polar surface area (TPSA) is 58.2 Å². The first kappa shape index (κ1) is 16.3. The molecule has 1 aromatic rings. The second kappa shape index (κ2) is 5.61. The summed E-state index contributed by atoms with van der Waals surface area (Å²) in [5.74, 6) is 0. The Morgan fingerprint density at radius 2 is 1.95 bits per heavy atom. The summed E-state index contributed by atoms with van der Waals surface area (Å²) in [5.41, 5.74) is 2.91. The number of sulfonamides is 1. The van der Waals surface area contributed by atoms with Crippen molar-refractivity contribution >= 4 is 15.7 Å². The van der Waals surface area contributed by atoms with Crippen molar-refractivity contribution in [3.8, 4) is 0 Å². The zero-order valence-electron chi connectivity index (χ0n) is 13.6. The zero-order valence-corrected chi connectivity index (χ0v) is 14.4. The normalized spacial score (nSPS) is 17.0. The van der Waals surface area contributed by atoms with Crippen molar-refractivity contribution in [1.29, 1.82) is 0 Å². The number of hydrogen-bond acceptors (Lipinski definition) is 3.